The fourth-order valence-corrected chi connectivity index (χ4v) is 5.60. The Labute approximate surface area is 218 Å². The topological polar surface area (TPSA) is 42.3 Å². The molecule has 2 aromatic heterocycles. The van der Waals surface area contributed by atoms with Crippen molar-refractivity contribution in [3.63, 3.8) is 0 Å². The highest BCUT2D eigenvalue weighted by Crippen LogP contribution is 2.44. The molecule has 1 aliphatic heterocycles. The summed E-state index contributed by atoms with van der Waals surface area (Å²) >= 11 is 5.92. The molecule has 36 heavy (non-hydrogen) atoms. The molecule has 5 nitrogen and oxygen atoms in total. The maximum absolute atomic E-state index is 5.92. The minimum absolute atomic E-state index is 0.0598. The lowest BCUT2D eigenvalue weighted by Gasteiger charge is -2.28. The van der Waals surface area contributed by atoms with Gasteiger partial charge >= 0.3 is 0 Å². The van der Waals surface area contributed by atoms with E-state index in [1.165, 1.54) is 33.8 Å². The highest BCUT2D eigenvalue weighted by atomic mass is 32.1. The third-order valence-corrected chi connectivity index (χ3v) is 7.44. The maximum atomic E-state index is 5.92. The number of nitrogens with zero attached hydrogens (tertiary/aromatic N) is 3. The van der Waals surface area contributed by atoms with Crippen molar-refractivity contribution in [3.05, 3.63) is 107 Å². The van der Waals surface area contributed by atoms with Crippen LogP contribution in [0.15, 0.2) is 72.9 Å². The second kappa shape index (κ2) is 9.78. The maximum Gasteiger partial charge on any atom is 0.174 e. The van der Waals surface area contributed by atoms with E-state index >= 15 is 0 Å². The molecule has 2 unspecified atom stereocenters. The molecule has 2 atom stereocenters. The first kappa shape index (κ1) is 24.1. The molecule has 1 aliphatic rings. The normalized spacial score (nSPS) is 17.4. The van der Waals surface area contributed by atoms with Crippen molar-refractivity contribution >= 4 is 23.0 Å². The van der Waals surface area contributed by atoms with E-state index in [-0.39, 0.29) is 12.1 Å². The number of aryl methyl sites for hydroxylation is 2. The summed E-state index contributed by atoms with van der Waals surface area (Å²) in [6.45, 7) is 11.4. The van der Waals surface area contributed by atoms with Gasteiger partial charge in [-0.2, -0.15) is 0 Å². The first-order valence-corrected chi connectivity index (χ1v) is 12.8. The molecule has 3 heterocycles. The number of hydrogen-bond acceptors (Lipinski definition) is 3. The van der Waals surface area contributed by atoms with Gasteiger partial charge in [0.1, 0.15) is 5.75 Å². The average molecular weight is 497 g/mol. The van der Waals surface area contributed by atoms with Crippen molar-refractivity contribution in [2.45, 2.75) is 46.7 Å². The minimum atomic E-state index is -0.0853. The van der Waals surface area contributed by atoms with Gasteiger partial charge in [-0.05, 0) is 112 Å². The van der Waals surface area contributed by atoms with Crippen LogP contribution in [0, 0.1) is 27.7 Å². The summed E-state index contributed by atoms with van der Waals surface area (Å²) < 4.78 is 8.05. The summed E-state index contributed by atoms with van der Waals surface area (Å²) in [6.07, 6.45) is 1.84. The van der Waals surface area contributed by atoms with E-state index in [0.29, 0.717) is 11.7 Å². The second-order valence-corrected chi connectivity index (χ2v) is 9.69. The first-order chi connectivity index (χ1) is 17.4. The Hall–Kier alpha value is -3.64. The van der Waals surface area contributed by atoms with E-state index in [9.17, 15) is 0 Å². The monoisotopic (exact) mass is 496 g/mol. The molecule has 0 amide bonds. The van der Waals surface area contributed by atoms with E-state index < -0.39 is 0 Å². The molecule has 4 aromatic rings. The summed E-state index contributed by atoms with van der Waals surface area (Å²) in [7, 11) is 0. The molecule has 1 fully saturated rings. The standard InChI is InChI=1S/C30H32N4OS/c1-6-35-24-15-13-23(14-16-24)34-29(28(32-30(34)36)26-11-7-8-17-31-26)25-18-20(3)33(22(25)5)27-12-9-10-19(2)21(27)4/h7-18,28-29H,6H2,1-5H3,(H,32,36). The average Bonchev–Trinajstić information content (AvgIpc) is 3.37. The molecular weight excluding hydrogens is 464 g/mol. The Morgan fingerprint density at radius 2 is 1.75 bits per heavy atom. The third kappa shape index (κ3) is 4.16. The molecule has 1 N–H and O–H groups in total. The van der Waals surface area contributed by atoms with Crippen LogP contribution >= 0.6 is 12.2 Å². The lowest BCUT2D eigenvalue weighted by atomic mass is 9.96. The molecule has 6 heteroatoms. The van der Waals surface area contributed by atoms with Gasteiger partial charge in [0.15, 0.2) is 5.11 Å². The van der Waals surface area contributed by atoms with Crippen LogP contribution in [0.25, 0.3) is 5.69 Å². The molecule has 0 saturated carbocycles. The molecule has 0 bridgehead atoms. The van der Waals surface area contributed by atoms with Gasteiger partial charge in [0.05, 0.1) is 24.4 Å². The van der Waals surface area contributed by atoms with Crippen LogP contribution in [-0.4, -0.2) is 21.3 Å². The number of pyridine rings is 1. The summed E-state index contributed by atoms with van der Waals surface area (Å²) in [5.41, 5.74) is 9.40. The van der Waals surface area contributed by atoms with Gasteiger partial charge in [-0.25, -0.2) is 0 Å². The highest BCUT2D eigenvalue weighted by molar-refractivity contribution is 7.80. The van der Waals surface area contributed by atoms with E-state index in [2.05, 4.69) is 84.9 Å². The molecule has 184 valence electrons. The van der Waals surface area contributed by atoms with Crippen molar-refractivity contribution in [2.75, 3.05) is 11.5 Å². The number of anilines is 1. The van der Waals surface area contributed by atoms with Crippen LogP contribution in [0.1, 0.15) is 52.8 Å². The molecule has 0 aliphatic carbocycles. The number of thiocarbonyl (C=S) groups is 1. The zero-order valence-electron chi connectivity index (χ0n) is 21.4. The van der Waals surface area contributed by atoms with E-state index in [0.717, 1.165) is 17.1 Å². The van der Waals surface area contributed by atoms with Crippen LogP contribution in [0.2, 0.25) is 0 Å². The fraction of sp³-hybridized carbons (Fsp3) is 0.267. The quantitative estimate of drug-likeness (QED) is 0.302. The number of ether oxygens (including phenoxy) is 1. The van der Waals surface area contributed by atoms with Gasteiger partial charge in [0.2, 0.25) is 0 Å². The second-order valence-electron chi connectivity index (χ2n) is 9.30. The van der Waals surface area contributed by atoms with Crippen LogP contribution in [0.4, 0.5) is 5.69 Å². The molecule has 1 saturated heterocycles. The van der Waals surface area contributed by atoms with Crippen LogP contribution in [-0.2, 0) is 0 Å². The fourth-order valence-electron chi connectivity index (χ4n) is 5.25. The van der Waals surface area contributed by atoms with Crippen molar-refractivity contribution in [3.8, 4) is 11.4 Å². The first-order valence-electron chi connectivity index (χ1n) is 12.4. The Kier molecular flexibility index (Phi) is 6.54. The van der Waals surface area contributed by atoms with Crippen molar-refractivity contribution in [1.82, 2.24) is 14.9 Å². The number of benzene rings is 2. The minimum Gasteiger partial charge on any atom is -0.494 e. The summed E-state index contributed by atoms with van der Waals surface area (Å²) in [6, 6.07) is 22.9. The van der Waals surface area contributed by atoms with Gasteiger partial charge < -0.3 is 19.5 Å². The van der Waals surface area contributed by atoms with Crippen LogP contribution in [0.3, 0.4) is 0 Å². The van der Waals surface area contributed by atoms with E-state index in [1.807, 2.05) is 37.4 Å². The lowest BCUT2D eigenvalue weighted by Crippen LogP contribution is -2.29. The number of hydrogen-bond donors (Lipinski definition) is 1. The van der Waals surface area contributed by atoms with Gasteiger partial charge in [-0.15, -0.1) is 0 Å². The molecule has 2 aromatic carbocycles. The predicted molar refractivity (Wildman–Crippen MR) is 150 cm³/mol. The van der Waals surface area contributed by atoms with Crippen LogP contribution in [0.5, 0.6) is 5.75 Å². The van der Waals surface area contributed by atoms with Gasteiger partial charge in [-0.1, -0.05) is 18.2 Å². The van der Waals surface area contributed by atoms with E-state index in [1.54, 1.807) is 0 Å². The van der Waals surface area contributed by atoms with E-state index in [4.69, 9.17) is 21.9 Å². The zero-order valence-corrected chi connectivity index (χ0v) is 22.3. The Bertz CT molecular complexity index is 1390. The Morgan fingerprint density at radius 3 is 2.44 bits per heavy atom. The summed E-state index contributed by atoms with van der Waals surface area (Å²) in [5, 5.41) is 4.27. The van der Waals surface area contributed by atoms with Crippen LogP contribution < -0.4 is 15.0 Å². The zero-order chi connectivity index (χ0) is 25.4. The molecule has 5 rings (SSSR count). The number of nitrogens with one attached hydrogen (secondary N) is 1. The molecule has 0 radical (unpaired) electrons. The van der Waals surface area contributed by atoms with Crippen molar-refractivity contribution < 1.29 is 4.74 Å². The predicted octanol–water partition coefficient (Wildman–Crippen LogP) is 6.68. The van der Waals surface area contributed by atoms with Gasteiger partial charge in [-0.3, -0.25) is 4.98 Å². The smallest absolute Gasteiger partial charge is 0.174 e. The largest absolute Gasteiger partial charge is 0.494 e. The SMILES string of the molecule is CCOc1ccc(N2C(=S)NC(c3ccccn3)C2c2cc(C)n(-c3cccc(C)c3C)c2C)cc1. The Balaban J connectivity index is 1.66. The lowest BCUT2D eigenvalue weighted by molar-refractivity contribution is 0.340. The summed E-state index contributed by atoms with van der Waals surface area (Å²) in [5.74, 6) is 0.852. The molecule has 0 spiro atoms. The number of aromatic nitrogens is 2. The number of rotatable bonds is 6. The summed E-state index contributed by atoms with van der Waals surface area (Å²) in [4.78, 5) is 6.93. The molecular formula is C30H32N4OS. The Morgan fingerprint density at radius 1 is 0.972 bits per heavy atom. The van der Waals surface area contributed by atoms with Gasteiger partial charge in [0, 0.05) is 29.0 Å². The van der Waals surface area contributed by atoms with Gasteiger partial charge in [0.25, 0.3) is 0 Å². The third-order valence-electron chi connectivity index (χ3n) is 7.13. The highest BCUT2D eigenvalue weighted by Gasteiger charge is 2.42. The van der Waals surface area contributed by atoms with Crippen molar-refractivity contribution in [2.24, 2.45) is 0 Å². The van der Waals surface area contributed by atoms with Crippen molar-refractivity contribution in [1.29, 1.82) is 0 Å².